The van der Waals surface area contributed by atoms with Gasteiger partial charge in [0, 0.05) is 40.3 Å². The van der Waals surface area contributed by atoms with Gasteiger partial charge in [-0.05, 0) is 50.1 Å². The summed E-state index contributed by atoms with van der Waals surface area (Å²) in [7, 11) is 0. The minimum Gasteiger partial charge on any atom is -0.480 e. The van der Waals surface area contributed by atoms with Crippen molar-refractivity contribution in [2.45, 2.75) is 32.4 Å². The molecule has 3 nitrogen and oxygen atoms in total. The summed E-state index contributed by atoms with van der Waals surface area (Å²) in [6, 6.07) is 16.8. The second-order valence-electron chi connectivity index (χ2n) is 7.90. The van der Waals surface area contributed by atoms with E-state index in [-0.39, 0.29) is 11.6 Å². The van der Waals surface area contributed by atoms with E-state index in [4.69, 9.17) is 4.74 Å². The highest BCUT2D eigenvalue weighted by atomic mass is 16.5. The minimum atomic E-state index is -0.176. The van der Waals surface area contributed by atoms with Crippen LogP contribution in [-0.4, -0.2) is 10.5 Å². The topological polar surface area (TPSA) is 34.2 Å². The van der Waals surface area contributed by atoms with Gasteiger partial charge in [-0.1, -0.05) is 36.4 Å². The molecule has 134 valence electrons. The average Bonchev–Trinajstić information content (AvgIpc) is 2.66. The Bertz CT molecular complexity index is 1070. The number of allylic oxidation sites excluding steroid dienone is 1. The minimum absolute atomic E-state index is 0.0669. The van der Waals surface area contributed by atoms with Crippen molar-refractivity contribution in [3.8, 4) is 16.9 Å². The number of ether oxygens (including phenoxy) is 1. The molecule has 0 amide bonds. The quantitative estimate of drug-likeness (QED) is 0.596. The third-order valence-corrected chi connectivity index (χ3v) is 5.35. The first-order valence-corrected chi connectivity index (χ1v) is 9.34. The van der Waals surface area contributed by atoms with Crippen molar-refractivity contribution in [1.29, 1.82) is 0 Å². The number of para-hydroxylation sites is 1. The third-order valence-electron chi connectivity index (χ3n) is 5.35. The van der Waals surface area contributed by atoms with Gasteiger partial charge in [0.05, 0.1) is 5.54 Å². The van der Waals surface area contributed by atoms with Crippen LogP contribution in [0.5, 0.6) is 5.75 Å². The van der Waals surface area contributed by atoms with Crippen molar-refractivity contribution in [3.63, 3.8) is 0 Å². The van der Waals surface area contributed by atoms with E-state index in [0.29, 0.717) is 0 Å². The Morgan fingerprint density at radius 2 is 1.85 bits per heavy atom. The number of hydrogen-bond donors (Lipinski definition) is 1. The molecule has 1 aromatic heterocycles. The molecule has 0 unspecified atom stereocenters. The SMILES string of the molecule is CC1=CC(C)(C)Nc2ccc3c(c21)[C@H](c1cccnc1)Oc1ccccc1-3. The Morgan fingerprint density at radius 1 is 1.00 bits per heavy atom. The van der Waals surface area contributed by atoms with Crippen LogP contribution >= 0.6 is 0 Å². The molecule has 5 rings (SSSR count). The lowest BCUT2D eigenvalue weighted by atomic mass is 9.81. The van der Waals surface area contributed by atoms with E-state index >= 15 is 0 Å². The molecular weight excluding hydrogens is 332 g/mol. The number of hydrogen-bond acceptors (Lipinski definition) is 3. The van der Waals surface area contributed by atoms with Crippen LogP contribution in [0.4, 0.5) is 5.69 Å². The monoisotopic (exact) mass is 354 g/mol. The molecule has 0 fully saturated rings. The summed E-state index contributed by atoms with van der Waals surface area (Å²) in [4.78, 5) is 4.33. The summed E-state index contributed by atoms with van der Waals surface area (Å²) in [5, 5.41) is 3.67. The molecule has 2 aliphatic rings. The Hall–Kier alpha value is -3.07. The molecule has 2 aliphatic heterocycles. The van der Waals surface area contributed by atoms with Crippen LogP contribution in [0.1, 0.15) is 43.6 Å². The van der Waals surface area contributed by atoms with Crippen molar-refractivity contribution in [2.75, 3.05) is 5.32 Å². The second-order valence-corrected chi connectivity index (χ2v) is 7.90. The fourth-order valence-electron chi connectivity index (χ4n) is 4.40. The lowest BCUT2D eigenvalue weighted by molar-refractivity contribution is 0.243. The standard InChI is InChI=1S/C24H22N2O/c1-15-13-24(2,3)26-19-11-10-18-17-8-4-5-9-20(17)27-23(22(18)21(15)19)16-7-6-12-25-14-16/h4-14,23,26H,1-3H3/t23-/m0/s1. The molecule has 0 spiro atoms. The van der Waals surface area contributed by atoms with Gasteiger partial charge < -0.3 is 10.1 Å². The first-order chi connectivity index (χ1) is 13.0. The van der Waals surface area contributed by atoms with Crippen LogP contribution in [0.25, 0.3) is 16.7 Å². The average molecular weight is 354 g/mol. The van der Waals surface area contributed by atoms with Gasteiger partial charge in [0.2, 0.25) is 0 Å². The van der Waals surface area contributed by atoms with E-state index in [1.807, 2.05) is 24.4 Å². The lowest BCUT2D eigenvalue weighted by Crippen LogP contribution is -2.32. The summed E-state index contributed by atoms with van der Waals surface area (Å²) in [5.74, 6) is 0.921. The zero-order valence-corrected chi connectivity index (χ0v) is 15.8. The maximum Gasteiger partial charge on any atom is 0.152 e. The van der Waals surface area contributed by atoms with E-state index in [1.54, 1.807) is 6.20 Å². The lowest BCUT2D eigenvalue weighted by Gasteiger charge is -2.37. The zero-order chi connectivity index (χ0) is 18.6. The van der Waals surface area contributed by atoms with E-state index < -0.39 is 0 Å². The number of nitrogens with one attached hydrogen (secondary N) is 1. The van der Waals surface area contributed by atoms with Gasteiger partial charge in [0.25, 0.3) is 0 Å². The largest absolute Gasteiger partial charge is 0.480 e. The summed E-state index contributed by atoms with van der Waals surface area (Å²) in [6.07, 6.45) is 5.83. The molecule has 2 aromatic carbocycles. The fourth-order valence-corrected chi connectivity index (χ4v) is 4.40. The Morgan fingerprint density at radius 3 is 2.67 bits per heavy atom. The molecule has 0 radical (unpaired) electrons. The predicted octanol–water partition coefficient (Wildman–Crippen LogP) is 5.84. The molecule has 1 atom stereocenters. The highest BCUT2D eigenvalue weighted by molar-refractivity contribution is 5.90. The molecule has 0 bridgehead atoms. The molecule has 0 aliphatic carbocycles. The summed E-state index contributed by atoms with van der Waals surface area (Å²) in [5.41, 5.74) is 8.29. The fraction of sp³-hybridized carbons (Fsp3) is 0.208. The molecule has 3 heteroatoms. The molecule has 27 heavy (non-hydrogen) atoms. The van der Waals surface area contributed by atoms with Crippen molar-refractivity contribution >= 4 is 11.3 Å². The van der Waals surface area contributed by atoms with E-state index in [9.17, 15) is 0 Å². The highest BCUT2D eigenvalue weighted by Crippen LogP contribution is 2.50. The molecule has 0 saturated heterocycles. The van der Waals surface area contributed by atoms with Crippen LogP contribution in [0.15, 0.2) is 67.0 Å². The predicted molar refractivity (Wildman–Crippen MR) is 110 cm³/mol. The van der Waals surface area contributed by atoms with Gasteiger partial charge in [0.15, 0.2) is 6.10 Å². The van der Waals surface area contributed by atoms with Gasteiger partial charge in [-0.2, -0.15) is 0 Å². The number of aromatic nitrogens is 1. The van der Waals surface area contributed by atoms with Crippen LogP contribution in [-0.2, 0) is 0 Å². The van der Waals surface area contributed by atoms with E-state index in [2.05, 4.69) is 67.5 Å². The van der Waals surface area contributed by atoms with Gasteiger partial charge in [-0.15, -0.1) is 0 Å². The van der Waals surface area contributed by atoms with E-state index in [1.165, 1.54) is 22.3 Å². The van der Waals surface area contributed by atoms with Crippen LogP contribution < -0.4 is 10.1 Å². The highest BCUT2D eigenvalue weighted by Gasteiger charge is 2.34. The molecule has 3 aromatic rings. The van der Waals surface area contributed by atoms with Crippen molar-refractivity contribution < 1.29 is 4.74 Å². The second kappa shape index (κ2) is 5.71. The van der Waals surface area contributed by atoms with Gasteiger partial charge in [-0.3, -0.25) is 4.98 Å². The zero-order valence-electron chi connectivity index (χ0n) is 15.8. The molecule has 3 heterocycles. The number of nitrogens with zero attached hydrogens (tertiary/aromatic N) is 1. The first kappa shape index (κ1) is 16.1. The molecular formula is C24H22N2O. The van der Waals surface area contributed by atoms with Crippen molar-refractivity contribution in [3.05, 3.63) is 83.7 Å². The number of pyridine rings is 1. The van der Waals surface area contributed by atoms with E-state index in [0.717, 1.165) is 22.6 Å². The number of anilines is 1. The number of benzene rings is 2. The summed E-state index contributed by atoms with van der Waals surface area (Å²) < 4.78 is 6.52. The normalized spacial score (nSPS) is 18.9. The van der Waals surface area contributed by atoms with Crippen LogP contribution in [0, 0.1) is 0 Å². The van der Waals surface area contributed by atoms with Gasteiger partial charge >= 0.3 is 0 Å². The number of fused-ring (bicyclic) bond motifs is 5. The van der Waals surface area contributed by atoms with Crippen LogP contribution in [0.2, 0.25) is 0 Å². The Balaban J connectivity index is 1.82. The third kappa shape index (κ3) is 2.54. The van der Waals surface area contributed by atoms with Gasteiger partial charge in [-0.25, -0.2) is 0 Å². The molecule has 1 N–H and O–H groups in total. The summed E-state index contributed by atoms with van der Waals surface area (Å²) in [6.45, 7) is 6.59. The Kier molecular flexibility index (Phi) is 3.41. The smallest absolute Gasteiger partial charge is 0.152 e. The maximum atomic E-state index is 6.52. The maximum absolute atomic E-state index is 6.52. The van der Waals surface area contributed by atoms with Crippen molar-refractivity contribution in [2.24, 2.45) is 0 Å². The number of rotatable bonds is 1. The van der Waals surface area contributed by atoms with Crippen molar-refractivity contribution in [1.82, 2.24) is 4.98 Å². The Labute approximate surface area is 159 Å². The first-order valence-electron chi connectivity index (χ1n) is 9.34. The van der Waals surface area contributed by atoms with Crippen LogP contribution in [0.3, 0.4) is 0 Å². The molecule has 0 saturated carbocycles. The summed E-state index contributed by atoms with van der Waals surface area (Å²) >= 11 is 0. The van der Waals surface area contributed by atoms with Gasteiger partial charge in [0.1, 0.15) is 5.75 Å².